The Morgan fingerprint density at radius 1 is 1.22 bits per heavy atom. The van der Waals surface area contributed by atoms with Gasteiger partial charge in [0, 0.05) is 12.2 Å². The molecule has 1 aliphatic rings. The number of aliphatic carboxylic acids is 1. The van der Waals surface area contributed by atoms with Crippen LogP contribution in [0.15, 0.2) is 42.5 Å². The Hall–Kier alpha value is -0.870. The van der Waals surface area contributed by atoms with Crippen LogP contribution in [0.25, 0.3) is 0 Å². The highest BCUT2D eigenvalue weighted by Gasteiger charge is 2.26. The molecule has 126 valence electrons. The average molecular weight is 351 g/mol. The summed E-state index contributed by atoms with van der Waals surface area (Å²) < 4.78 is 0. The summed E-state index contributed by atoms with van der Waals surface area (Å²) in [5, 5.41) is 8.61. The van der Waals surface area contributed by atoms with Gasteiger partial charge in [0.25, 0.3) is 0 Å². The van der Waals surface area contributed by atoms with Crippen LogP contribution in [0.5, 0.6) is 0 Å². The third-order valence-corrected chi connectivity index (χ3v) is 6.67. The molecule has 1 aliphatic heterocycles. The monoisotopic (exact) mass is 350 g/mol. The lowest BCUT2D eigenvalue weighted by molar-refractivity contribution is -0.137. The number of thioether (sulfide) groups is 2. The molecule has 4 heteroatoms. The zero-order chi connectivity index (χ0) is 16.3. The molecule has 2 nitrogen and oxygen atoms in total. The summed E-state index contributed by atoms with van der Waals surface area (Å²) >= 11 is 4.14. The van der Waals surface area contributed by atoms with Crippen molar-refractivity contribution >= 4 is 29.5 Å². The van der Waals surface area contributed by atoms with Gasteiger partial charge in [-0.1, -0.05) is 42.5 Å². The first-order valence-electron chi connectivity index (χ1n) is 8.32. The Balaban J connectivity index is 1.62. The van der Waals surface area contributed by atoms with Crippen molar-refractivity contribution in [3.05, 3.63) is 48.0 Å². The lowest BCUT2D eigenvalue weighted by Gasteiger charge is -2.16. The third kappa shape index (κ3) is 7.49. The largest absolute Gasteiger partial charge is 0.481 e. The minimum atomic E-state index is -0.693. The fourth-order valence-corrected chi connectivity index (χ4v) is 5.68. The van der Waals surface area contributed by atoms with E-state index in [-0.39, 0.29) is 6.42 Å². The van der Waals surface area contributed by atoms with Gasteiger partial charge < -0.3 is 5.11 Å². The fraction of sp³-hybridized carbons (Fsp3) is 0.526. The van der Waals surface area contributed by atoms with Crippen LogP contribution >= 0.6 is 23.5 Å². The Kier molecular flexibility index (Phi) is 8.69. The third-order valence-electron chi connectivity index (χ3n) is 4.14. The van der Waals surface area contributed by atoms with Gasteiger partial charge in [0.1, 0.15) is 0 Å². The minimum Gasteiger partial charge on any atom is -0.481 e. The first-order valence-corrected chi connectivity index (χ1v) is 10.6. The number of hydrogen-bond acceptors (Lipinski definition) is 3. The molecule has 2 rings (SSSR count). The number of benzene rings is 1. The van der Waals surface area contributed by atoms with E-state index in [1.807, 2.05) is 0 Å². The van der Waals surface area contributed by atoms with Crippen LogP contribution in [-0.2, 0) is 10.5 Å². The van der Waals surface area contributed by atoms with E-state index in [1.54, 1.807) is 0 Å². The minimum absolute atomic E-state index is 0.280. The van der Waals surface area contributed by atoms with Crippen LogP contribution in [0.4, 0.5) is 0 Å². The van der Waals surface area contributed by atoms with E-state index in [2.05, 4.69) is 66.0 Å². The van der Waals surface area contributed by atoms with Gasteiger partial charge in [0.05, 0.1) is 0 Å². The van der Waals surface area contributed by atoms with Crippen LogP contribution in [0, 0.1) is 11.8 Å². The summed E-state index contributed by atoms with van der Waals surface area (Å²) in [6.07, 6.45) is 7.51. The molecule has 1 aromatic carbocycles. The summed E-state index contributed by atoms with van der Waals surface area (Å²) in [6.45, 7) is 0. The van der Waals surface area contributed by atoms with Gasteiger partial charge in [0.2, 0.25) is 0 Å². The summed E-state index contributed by atoms with van der Waals surface area (Å²) in [4.78, 5) is 10.5. The molecule has 0 saturated carbocycles. The second-order valence-electron chi connectivity index (χ2n) is 6.05. The number of carbonyl (C=O) groups is 1. The molecule has 0 aliphatic carbocycles. The summed E-state index contributed by atoms with van der Waals surface area (Å²) in [5.41, 5.74) is 1.41. The first-order chi connectivity index (χ1) is 11.3. The Bertz CT molecular complexity index is 487. The second-order valence-corrected chi connectivity index (χ2v) is 8.16. The molecule has 1 aromatic rings. The van der Waals surface area contributed by atoms with Gasteiger partial charge in [-0.2, -0.15) is 23.5 Å². The zero-order valence-electron chi connectivity index (χ0n) is 13.5. The summed E-state index contributed by atoms with van der Waals surface area (Å²) in [7, 11) is 0. The van der Waals surface area contributed by atoms with E-state index >= 15 is 0 Å². The van der Waals surface area contributed by atoms with Crippen molar-refractivity contribution in [1.29, 1.82) is 0 Å². The highest BCUT2D eigenvalue weighted by molar-refractivity contribution is 8.00. The molecule has 0 unspecified atom stereocenters. The number of carboxylic acids is 1. The molecule has 0 radical (unpaired) electrons. The van der Waals surface area contributed by atoms with Crippen molar-refractivity contribution in [2.45, 2.75) is 31.4 Å². The standard InChI is InChI=1S/C19H26O2S2/c20-19(21)11-7-2-1-6-10-17-13-23-15-18(17)14-22-12-16-8-4-3-5-9-16/h1,3-6,8-9,17-18H,2,7,10-15H2,(H,20,21)/t17-,18+/m0/s1. The topological polar surface area (TPSA) is 37.3 Å². The van der Waals surface area contributed by atoms with Gasteiger partial charge in [-0.15, -0.1) is 0 Å². The number of carboxylic acid groups (broad SMARTS) is 1. The van der Waals surface area contributed by atoms with Gasteiger partial charge >= 0.3 is 5.97 Å². The number of unbranched alkanes of at least 4 members (excludes halogenated alkanes) is 1. The molecule has 0 spiro atoms. The highest BCUT2D eigenvalue weighted by Crippen LogP contribution is 2.35. The SMILES string of the molecule is O=C(O)CCCC=CC[C@H]1CSC[C@H]1CSCc1ccccc1. The lowest BCUT2D eigenvalue weighted by Crippen LogP contribution is -2.14. The molecule has 0 aromatic heterocycles. The van der Waals surface area contributed by atoms with E-state index < -0.39 is 5.97 Å². The van der Waals surface area contributed by atoms with E-state index in [0.29, 0.717) is 0 Å². The quantitative estimate of drug-likeness (QED) is 0.470. The van der Waals surface area contributed by atoms with Crippen LogP contribution < -0.4 is 0 Å². The fourth-order valence-electron chi connectivity index (χ4n) is 2.75. The van der Waals surface area contributed by atoms with Crippen molar-refractivity contribution < 1.29 is 9.90 Å². The Labute approximate surface area is 148 Å². The average Bonchev–Trinajstić information content (AvgIpc) is 2.99. The number of allylic oxidation sites excluding steroid dienone is 2. The molecular formula is C19H26O2S2. The maximum atomic E-state index is 10.5. The van der Waals surface area contributed by atoms with Gasteiger partial charge in [0.15, 0.2) is 0 Å². The lowest BCUT2D eigenvalue weighted by atomic mass is 9.94. The molecule has 1 saturated heterocycles. The highest BCUT2D eigenvalue weighted by atomic mass is 32.2. The van der Waals surface area contributed by atoms with Crippen molar-refractivity contribution in [1.82, 2.24) is 0 Å². The molecule has 1 heterocycles. The van der Waals surface area contributed by atoms with E-state index in [9.17, 15) is 4.79 Å². The Morgan fingerprint density at radius 2 is 2.00 bits per heavy atom. The molecular weight excluding hydrogens is 324 g/mol. The number of hydrogen-bond donors (Lipinski definition) is 1. The molecule has 1 N–H and O–H groups in total. The van der Waals surface area contributed by atoms with Gasteiger partial charge in [-0.05, 0) is 53.9 Å². The van der Waals surface area contributed by atoms with Crippen LogP contribution in [0.3, 0.4) is 0 Å². The first kappa shape index (κ1) is 18.5. The molecule has 2 atom stereocenters. The smallest absolute Gasteiger partial charge is 0.303 e. The summed E-state index contributed by atoms with van der Waals surface area (Å²) in [5.74, 6) is 5.84. The van der Waals surface area contributed by atoms with E-state index in [0.717, 1.165) is 36.9 Å². The van der Waals surface area contributed by atoms with Crippen LogP contribution in [0.1, 0.15) is 31.2 Å². The maximum absolute atomic E-state index is 10.5. The molecule has 23 heavy (non-hydrogen) atoms. The summed E-state index contributed by atoms with van der Waals surface area (Å²) in [6, 6.07) is 10.7. The van der Waals surface area contributed by atoms with Gasteiger partial charge in [-0.3, -0.25) is 4.79 Å². The molecule has 0 bridgehead atoms. The predicted octanol–water partition coefficient (Wildman–Crippen LogP) is 5.10. The van der Waals surface area contributed by atoms with Crippen molar-refractivity contribution in [3.63, 3.8) is 0 Å². The van der Waals surface area contributed by atoms with Crippen LogP contribution in [-0.4, -0.2) is 28.3 Å². The number of rotatable bonds is 10. The van der Waals surface area contributed by atoms with Gasteiger partial charge in [-0.25, -0.2) is 0 Å². The predicted molar refractivity (Wildman–Crippen MR) is 102 cm³/mol. The maximum Gasteiger partial charge on any atom is 0.303 e. The van der Waals surface area contributed by atoms with Crippen LogP contribution in [0.2, 0.25) is 0 Å². The van der Waals surface area contributed by atoms with Crippen molar-refractivity contribution in [2.75, 3.05) is 17.3 Å². The van der Waals surface area contributed by atoms with E-state index in [4.69, 9.17) is 5.11 Å². The van der Waals surface area contributed by atoms with E-state index in [1.165, 1.54) is 22.8 Å². The normalized spacial score (nSPS) is 21.0. The zero-order valence-corrected chi connectivity index (χ0v) is 15.2. The molecule has 0 amide bonds. The van der Waals surface area contributed by atoms with Crippen molar-refractivity contribution in [3.8, 4) is 0 Å². The molecule has 1 fully saturated rings. The Morgan fingerprint density at radius 3 is 2.78 bits per heavy atom. The van der Waals surface area contributed by atoms with Crippen molar-refractivity contribution in [2.24, 2.45) is 11.8 Å². The second kappa shape index (κ2) is 10.8.